The first-order valence-electron chi connectivity index (χ1n) is 11.0. The van der Waals surface area contributed by atoms with Gasteiger partial charge in [-0.25, -0.2) is 4.98 Å². The predicted molar refractivity (Wildman–Crippen MR) is 140 cm³/mol. The molecule has 170 valence electrons. The lowest BCUT2D eigenvalue weighted by Gasteiger charge is -2.13. The number of nitrogens with one attached hydrogen (secondary N) is 2. The van der Waals surface area contributed by atoms with Gasteiger partial charge < -0.3 is 19.9 Å². The fourth-order valence-corrected chi connectivity index (χ4v) is 3.91. The Labute approximate surface area is 207 Å². The Bertz CT molecular complexity index is 1000. The minimum absolute atomic E-state index is 0. The summed E-state index contributed by atoms with van der Waals surface area (Å²) >= 11 is 0. The quantitative estimate of drug-likeness (QED) is 0.243. The van der Waals surface area contributed by atoms with Crippen molar-refractivity contribution >= 4 is 29.9 Å². The largest absolute Gasteiger partial charge is 0.493 e. The van der Waals surface area contributed by atoms with E-state index in [0.717, 1.165) is 62.9 Å². The van der Waals surface area contributed by atoms with E-state index in [4.69, 9.17) is 4.74 Å². The van der Waals surface area contributed by atoms with Crippen LogP contribution in [0.2, 0.25) is 0 Å². The van der Waals surface area contributed by atoms with Crippen molar-refractivity contribution in [2.75, 3.05) is 20.2 Å². The molecule has 0 atom stereocenters. The van der Waals surface area contributed by atoms with Crippen LogP contribution >= 0.6 is 24.0 Å². The molecule has 0 bridgehead atoms. The minimum atomic E-state index is 0. The van der Waals surface area contributed by atoms with Gasteiger partial charge in [0.2, 0.25) is 0 Å². The molecule has 0 amide bonds. The van der Waals surface area contributed by atoms with Gasteiger partial charge in [0.05, 0.1) is 13.2 Å². The van der Waals surface area contributed by atoms with Gasteiger partial charge in [-0.15, -0.1) is 24.0 Å². The Morgan fingerprint density at radius 3 is 2.81 bits per heavy atom. The number of benzene rings is 2. The molecule has 3 aromatic rings. The van der Waals surface area contributed by atoms with Crippen LogP contribution in [0.4, 0.5) is 0 Å². The summed E-state index contributed by atoms with van der Waals surface area (Å²) in [6.45, 7) is 3.23. The van der Waals surface area contributed by atoms with E-state index >= 15 is 0 Å². The summed E-state index contributed by atoms with van der Waals surface area (Å²) in [4.78, 5) is 8.86. The van der Waals surface area contributed by atoms with Gasteiger partial charge in [0, 0.05) is 39.0 Å². The molecule has 0 spiro atoms. The summed E-state index contributed by atoms with van der Waals surface area (Å²) in [5.41, 5.74) is 4.02. The van der Waals surface area contributed by atoms with Crippen molar-refractivity contribution in [2.24, 2.45) is 4.99 Å². The smallest absolute Gasteiger partial charge is 0.191 e. The van der Waals surface area contributed by atoms with Gasteiger partial charge in [0.1, 0.15) is 11.6 Å². The van der Waals surface area contributed by atoms with Crippen LogP contribution in [0.25, 0.3) is 0 Å². The molecule has 1 aliphatic heterocycles. The molecule has 2 heterocycles. The maximum Gasteiger partial charge on any atom is 0.191 e. The number of halogens is 1. The summed E-state index contributed by atoms with van der Waals surface area (Å²) in [6.07, 6.45) is 8.04. The monoisotopic (exact) mass is 545 g/mol. The molecule has 32 heavy (non-hydrogen) atoms. The second kappa shape index (κ2) is 12.5. The third-order valence-corrected chi connectivity index (χ3v) is 5.61. The molecule has 0 radical (unpaired) electrons. The Morgan fingerprint density at radius 1 is 1.09 bits per heavy atom. The highest BCUT2D eigenvalue weighted by molar-refractivity contribution is 14.0. The molecule has 7 heteroatoms. The zero-order chi connectivity index (χ0) is 21.3. The van der Waals surface area contributed by atoms with Crippen LogP contribution in [-0.2, 0) is 32.4 Å². The zero-order valence-electron chi connectivity index (χ0n) is 18.6. The molecule has 1 aliphatic rings. The number of hydrogen-bond acceptors (Lipinski definition) is 3. The first-order valence-corrected chi connectivity index (χ1v) is 11.0. The lowest BCUT2D eigenvalue weighted by molar-refractivity contribution is 0.357. The molecular weight excluding hydrogens is 513 g/mol. The van der Waals surface area contributed by atoms with Crippen LogP contribution in [0.5, 0.6) is 5.75 Å². The summed E-state index contributed by atoms with van der Waals surface area (Å²) < 4.78 is 7.80. The van der Waals surface area contributed by atoms with Crippen molar-refractivity contribution in [3.8, 4) is 5.75 Å². The average molecular weight is 545 g/mol. The summed E-state index contributed by atoms with van der Waals surface area (Å²) in [5, 5.41) is 6.79. The number of guanidine groups is 1. The minimum Gasteiger partial charge on any atom is -0.493 e. The van der Waals surface area contributed by atoms with Crippen molar-refractivity contribution in [2.45, 2.75) is 38.8 Å². The van der Waals surface area contributed by atoms with Crippen LogP contribution in [0.1, 0.15) is 28.9 Å². The second-order valence-electron chi connectivity index (χ2n) is 7.77. The molecule has 0 unspecified atom stereocenters. The van der Waals surface area contributed by atoms with Gasteiger partial charge in [0.25, 0.3) is 0 Å². The summed E-state index contributed by atoms with van der Waals surface area (Å²) in [5.74, 6) is 2.85. The number of aryl methyl sites for hydroxylation is 2. The van der Waals surface area contributed by atoms with Gasteiger partial charge in [-0.3, -0.25) is 4.99 Å². The standard InChI is InChI=1S/C25H31N5O.HI/c1-26-25(28-13-11-21-9-10-23-22(18-21)12-17-31-23)29-19-24-27-14-16-30(24)15-5-8-20-6-3-2-4-7-20;/h2-4,6-7,9-10,14,16,18H,5,8,11-13,15,17,19H2,1H3,(H2,26,28,29);1H. The molecule has 4 rings (SSSR count). The van der Waals surface area contributed by atoms with Gasteiger partial charge in [-0.2, -0.15) is 0 Å². The lowest BCUT2D eigenvalue weighted by atomic mass is 10.1. The topological polar surface area (TPSA) is 63.5 Å². The van der Waals surface area contributed by atoms with Gasteiger partial charge >= 0.3 is 0 Å². The third-order valence-electron chi connectivity index (χ3n) is 5.61. The van der Waals surface area contributed by atoms with Crippen molar-refractivity contribution < 1.29 is 4.74 Å². The zero-order valence-corrected chi connectivity index (χ0v) is 20.9. The number of imidazole rings is 1. The third kappa shape index (κ3) is 6.72. The Balaban J connectivity index is 0.00000289. The molecule has 0 saturated carbocycles. The second-order valence-corrected chi connectivity index (χ2v) is 7.77. The van der Waals surface area contributed by atoms with Crippen molar-refractivity contribution in [3.05, 3.63) is 83.4 Å². The fraction of sp³-hybridized carbons (Fsp3) is 0.360. The number of aromatic nitrogens is 2. The highest BCUT2D eigenvalue weighted by atomic mass is 127. The van der Waals surface area contributed by atoms with Gasteiger partial charge in [0.15, 0.2) is 5.96 Å². The van der Waals surface area contributed by atoms with Crippen molar-refractivity contribution in [1.82, 2.24) is 20.2 Å². The van der Waals surface area contributed by atoms with Gasteiger partial charge in [-0.05, 0) is 42.0 Å². The maximum absolute atomic E-state index is 5.58. The van der Waals surface area contributed by atoms with Crippen molar-refractivity contribution in [1.29, 1.82) is 0 Å². The molecular formula is C25H32IN5O. The summed E-state index contributed by atoms with van der Waals surface area (Å²) in [6, 6.07) is 17.1. The number of aliphatic imine (C=N–C) groups is 1. The lowest BCUT2D eigenvalue weighted by Crippen LogP contribution is -2.38. The number of ether oxygens (including phenoxy) is 1. The Hall–Kier alpha value is -2.55. The SMILES string of the molecule is CN=C(NCCc1ccc2c(c1)CCO2)NCc1nccn1CCCc1ccccc1.I. The number of nitrogens with zero attached hydrogens (tertiary/aromatic N) is 3. The van der Waals surface area contributed by atoms with E-state index in [1.165, 1.54) is 16.7 Å². The van der Waals surface area contributed by atoms with Crippen LogP contribution in [0, 0.1) is 0 Å². The Kier molecular flexibility index (Phi) is 9.40. The predicted octanol–water partition coefficient (Wildman–Crippen LogP) is 3.98. The summed E-state index contributed by atoms with van der Waals surface area (Å²) in [7, 11) is 1.80. The molecule has 0 fully saturated rings. The molecule has 0 aliphatic carbocycles. The van der Waals surface area contributed by atoms with E-state index in [2.05, 4.69) is 79.9 Å². The normalized spacial score (nSPS) is 12.6. The van der Waals surface area contributed by atoms with E-state index in [1.807, 2.05) is 6.20 Å². The first-order chi connectivity index (χ1) is 15.3. The maximum atomic E-state index is 5.58. The van der Waals surface area contributed by atoms with Crippen molar-refractivity contribution in [3.63, 3.8) is 0 Å². The van der Waals surface area contributed by atoms with E-state index < -0.39 is 0 Å². The average Bonchev–Trinajstić information content (AvgIpc) is 3.46. The molecule has 1 aromatic heterocycles. The highest BCUT2D eigenvalue weighted by Crippen LogP contribution is 2.25. The van der Waals surface area contributed by atoms with Crippen LogP contribution in [-0.4, -0.2) is 35.7 Å². The molecule has 6 nitrogen and oxygen atoms in total. The molecule has 2 aromatic carbocycles. The van der Waals surface area contributed by atoms with Crippen LogP contribution in [0.15, 0.2) is 65.9 Å². The van der Waals surface area contributed by atoms with Crippen LogP contribution < -0.4 is 15.4 Å². The Morgan fingerprint density at radius 2 is 1.97 bits per heavy atom. The molecule has 0 saturated heterocycles. The number of rotatable bonds is 9. The number of hydrogen-bond donors (Lipinski definition) is 2. The van der Waals surface area contributed by atoms with Crippen LogP contribution in [0.3, 0.4) is 0 Å². The molecule has 2 N–H and O–H groups in total. The first kappa shape index (κ1) is 24.1. The van der Waals surface area contributed by atoms with E-state index in [0.29, 0.717) is 6.54 Å². The number of fused-ring (bicyclic) bond motifs is 1. The van der Waals surface area contributed by atoms with E-state index in [1.54, 1.807) is 7.05 Å². The fourth-order valence-electron chi connectivity index (χ4n) is 3.91. The van der Waals surface area contributed by atoms with Gasteiger partial charge in [-0.1, -0.05) is 42.5 Å². The highest BCUT2D eigenvalue weighted by Gasteiger charge is 2.12. The van der Waals surface area contributed by atoms with E-state index in [-0.39, 0.29) is 24.0 Å². The van der Waals surface area contributed by atoms with E-state index in [9.17, 15) is 0 Å².